The van der Waals surface area contributed by atoms with Gasteiger partial charge in [0.1, 0.15) is 18.1 Å². The van der Waals surface area contributed by atoms with Gasteiger partial charge < -0.3 is 26.6 Å². The molecule has 5 N–H and O–H groups in total. The fourth-order valence-corrected chi connectivity index (χ4v) is 8.15. The fourth-order valence-electron chi connectivity index (χ4n) is 8.15. The predicted octanol–water partition coefficient (Wildman–Crippen LogP) is 3.35. The summed E-state index contributed by atoms with van der Waals surface area (Å²) in [5.41, 5.74) is 4.93. The highest BCUT2D eigenvalue weighted by molar-refractivity contribution is 6.38. The Hall–Kier alpha value is -3.76. The molecule has 1 saturated heterocycles. The number of likely N-dealkylation sites (tertiary alicyclic amines) is 1. The van der Waals surface area contributed by atoms with Gasteiger partial charge in [-0.15, -0.1) is 0 Å². The minimum atomic E-state index is -1.09. The van der Waals surface area contributed by atoms with E-state index in [2.05, 4.69) is 29.8 Å². The van der Waals surface area contributed by atoms with E-state index in [0.717, 1.165) is 38.5 Å². The second-order valence-corrected chi connectivity index (χ2v) is 15.8. The summed E-state index contributed by atoms with van der Waals surface area (Å²) in [6.45, 7) is 9.99. The highest BCUT2D eigenvalue weighted by atomic mass is 16.2. The normalized spacial score (nSPS) is 25.7. The molecule has 1 heterocycles. The van der Waals surface area contributed by atoms with Crippen LogP contribution in [0.4, 0.5) is 4.79 Å². The first-order chi connectivity index (χ1) is 22.1. The van der Waals surface area contributed by atoms with E-state index in [4.69, 9.17) is 5.73 Å². The molecule has 6 atom stereocenters. The van der Waals surface area contributed by atoms with Crippen molar-refractivity contribution in [1.82, 2.24) is 20.9 Å². The predicted molar refractivity (Wildman–Crippen MR) is 176 cm³/mol. The van der Waals surface area contributed by atoms with Gasteiger partial charge >= 0.3 is 6.03 Å². The molecule has 0 radical (unpaired) electrons. The van der Waals surface area contributed by atoms with Crippen LogP contribution in [-0.4, -0.2) is 70.9 Å². The quantitative estimate of drug-likeness (QED) is 0.212. The van der Waals surface area contributed by atoms with E-state index >= 15 is 0 Å². The molecular weight excluding hydrogens is 598 g/mol. The van der Waals surface area contributed by atoms with Gasteiger partial charge in [-0.1, -0.05) is 90.6 Å². The Bertz CT molecular complexity index is 1390. The maximum atomic E-state index is 14.4. The smallest absolute Gasteiger partial charge is 0.316 e. The molecule has 1 aliphatic heterocycles. The number of ketones is 2. The van der Waals surface area contributed by atoms with Crippen LogP contribution in [0.25, 0.3) is 0 Å². The van der Waals surface area contributed by atoms with Crippen LogP contribution >= 0.6 is 0 Å². The third kappa shape index (κ3) is 7.09. The van der Waals surface area contributed by atoms with E-state index in [1.807, 2.05) is 26.8 Å². The summed E-state index contributed by atoms with van der Waals surface area (Å²) in [6, 6.07) is 4.69. The number of hydrogen-bond acceptors (Lipinski definition) is 6. The average Bonchev–Trinajstić information content (AvgIpc) is 3.32. The van der Waals surface area contributed by atoms with E-state index in [9.17, 15) is 28.8 Å². The van der Waals surface area contributed by atoms with Gasteiger partial charge in [0.25, 0.3) is 5.91 Å². The highest BCUT2D eigenvalue weighted by Crippen LogP contribution is 2.65. The summed E-state index contributed by atoms with van der Waals surface area (Å²) in [4.78, 5) is 81.8. The van der Waals surface area contributed by atoms with Crippen LogP contribution in [0.5, 0.6) is 0 Å². The summed E-state index contributed by atoms with van der Waals surface area (Å²) in [5, 5.41) is 8.64. The summed E-state index contributed by atoms with van der Waals surface area (Å²) >= 11 is 0. The number of rotatable bonds is 11. The maximum Gasteiger partial charge on any atom is 0.316 e. The molecule has 1 aromatic rings. The van der Waals surface area contributed by atoms with Crippen molar-refractivity contribution >= 4 is 35.3 Å². The van der Waals surface area contributed by atoms with Crippen LogP contribution < -0.4 is 21.7 Å². The van der Waals surface area contributed by atoms with Crippen LogP contribution in [0.1, 0.15) is 96.3 Å². The summed E-state index contributed by atoms with van der Waals surface area (Å²) < 4.78 is 0. The molecule has 11 heteroatoms. The summed E-state index contributed by atoms with van der Waals surface area (Å²) in [7, 11) is 0. The minimum Gasteiger partial charge on any atom is -0.363 e. The third-order valence-corrected chi connectivity index (χ3v) is 11.3. The summed E-state index contributed by atoms with van der Waals surface area (Å²) in [5.74, 6) is -3.20. The van der Waals surface area contributed by atoms with Crippen LogP contribution in [0.2, 0.25) is 0 Å². The second kappa shape index (κ2) is 13.4. The molecule has 0 bridgehead atoms. The van der Waals surface area contributed by atoms with Gasteiger partial charge in [-0.05, 0) is 60.2 Å². The monoisotopic (exact) mass is 649 g/mol. The van der Waals surface area contributed by atoms with Crippen LogP contribution in [0.15, 0.2) is 30.3 Å². The molecule has 0 spiro atoms. The van der Waals surface area contributed by atoms with Crippen molar-refractivity contribution in [2.24, 2.45) is 40.2 Å². The molecule has 256 valence electrons. The Morgan fingerprint density at radius 1 is 0.830 bits per heavy atom. The summed E-state index contributed by atoms with van der Waals surface area (Å²) in [6.07, 6.45) is 7.02. The van der Waals surface area contributed by atoms with E-state index < -0.39 is 59.1 Å². The number of nitrogens with zero attached hydrogens (tertiary/aromatic N) is 1. The Kier molecular flexibility index (Phi) is 9.85. The lowest BCUT2D eigenvalue weighted by Crippen LogP contribution is -2.63. The van der Waals surface area contributed by atoms with Gasteiger partial charge in [0, 0.05) is 12.1 Å². The van der Waals surface area contributed by atoms with Crippen molar-refractivity contribution in [3.63, 3.8) is 0 Å². The largest absolute Gasteiger partial charge is 0.363 e. The molecule has 11 nitrogen and oxygen atoms in total. The van der Waals surface area contributed by atoms with E-state index in [-0.39, 0.29) is 34.9 Å². The number of hydrogen-bond donors (Lipinski definition) is 4. The molecule has 47 heavy (non-hydrogen) atoms. The first-order valence-corrected chi connectivity index (χ1v) is 17.2. The number of carbonyl (C=O) groups is 6. The molecular formula is C36H51N5O6. The first kappa shape index (κ1) is 34.6. The topological polar surface area (TPSA) is 168 Å². The number of nitrogens with one attached hydrogen (secondary N) is 3. The van der Waals surface area contributed by atoms with Crippen LogP contribution in [-0.2, 0) is 19.2 Å². The van der Waals surface area contributed by atoms with Crippen LogP contribution in [0.3, 0.4) is 0 Å². The Labute approximate surface area is 277 Å². The minimum absolute atomic E-state index is 0.0151. The molecule has 4 aliphatic rings. The molecule has 1 unspecified atom stereocenters. The number of piperidine rings is 1. The van der Waals surface area contributed by atoms with Gasteiger partial charge in [0.05, 0.1) is 6.04 Å². The Morgan fingerprint density at radius 2 is 1.43 bits per heavy atom. The first-order valence-electron chi connectivity index (χ1n) is 17.2. The van der Waals surface area contributed by atoms with Gasteiger partial charge in [-0.25, -0.2) is 4.79 Å². The zero-order valence-corrected chi connectivity index (χ0v) is 28.3. The van der Waals surface area contributed by atoms with Crippen molar-refractivity contribution in [1.29, 1.82) is 0 Å². The SMILES string of the molecule is CC(C)(C)[C@H](NC(=O)N[C@H](C(=O)c1ccccc1)C1CCCCC1)C(=O)N1C[C@H]2[C@@H]([C@H]1C(=O)NC(C(=O)C(N)=O)C1CCC1)C2(C)C. The van der Waals surface area contributed by atoms with E-state index in [1.165, 1.54) is 4.90 Å². The molecule has 0 aromatic heterocycles. The molecule has 3 aliphatic carbocycles. The van der Waals surface area contributed by atoms with Gasteiger partial charge in [0.15, 0.2) is 5.78 Å². The van der Waals surface area contributed by atoms with Gasteiger partial charge in [-0.3, -0.25) is 24.0 Å². The van der Waals surface area contributed by atoms with Crippen molar-refractivity contribution in [2.75, 3.05) is 6.54 Å². The third-order valence-electron chi connectivity index (χ3n) is 11.3. The average molecular weight is 650 g/mol. The Morgan fingerprint density at radius 3 is 1.98 bits per heavy atom. The number of urea groups is 1. The zero-order valence-electron chi connectivity index (χ0n) is 28.3. The second-order valence-electron chi connectivity index (χ2n) is 15.8. The number of fused-ring (bicyclic) bond motifs is 1. The lowest BCUT2D eigenvalue weighted by Gasteiger charge is -2.39. The van der Waals surface area contributed by atoms with Crippen molar-refractivity contribution < 1.29 is 28.8 Å². The number of carbonyl (C=O) groups excluding carboxylic acids is 6. The Balaban J connectivity index is 1.35. The molecule has 3 saturated carbocycles. The lowest BCUT2D eigenvalue weighted by molar-refractivity contribution is -0.145. The molecule has 5 amide bonds. The van der Waals surface area contributed by atoms with Crippen LogP contribution in [0, 0.1) is 34.5 Å². The number of benzene rings is 1. The fraction of sp³-hybridized carbons (Fsp3) is 0.667. The van der Waals surface area contributed by atoms with E-state index in [1.54, 1.807) is 24.3 Å². The standard InChI is InChI=1S/C36H51N5O6/c1-35(2,3)30(40-34(47)39-25(20-13-8-6-9-14-20)28(42)22-15-10-7-11-16-22)33(46)41-19-23-24(36(23,4)5)27(41)32(45)38-26(21-17-12-18-21)29(43)31(37)44/h7,10-11,15-16,20-21,23-27,30H,6,8-9,12-14,17-19H2,1-5H3,(H2,37,44)(H,38,45)(H2,39,40,47)/t23-,24-,25-,26?,27-,30+/m0/s1. The number of primary amides is 1. The number of amides is 5. The number of Topliss-reactive ketones (excluding diaryl/α,β-unsaturated/α-hetero) is 2. The number of nitrogens with two attached hydrogens (primary N) is 1. The zero-order chi connectivity index (χ0) is 34.3. The van der Waals surface area contributed by atoms with Gasteiger partial charge in [0.2, 0.25) is 17.6 Å². The maximum absolute atomic E-state index is 14.4. The van der Waals surface area contributed by atoms with Crippen molar-refractivity contribution in [3.8, 4) is 0 Å². The van der Waals surface area contributed by atoms with Crippen molar-refractivity contribution in [3.05, 3.63) is 35.9 Å². The molecule has 5 rings (SSSR count). The van der Waals surface area contributed by atoms with E-state index in [0.29, 0.717) is 24.9 Å². The molecule has 4 fully saturated rings. The highest BCUT2D eigenvalue weighted by Gasteiger charge is 2.70. The lowest BCUT2D eigenvalue weighted by atomic mass is 9.78. The molecule has 1 aromatic carbocycles. The van der Waals surface area contributed by atoms with Gasteiger partial charge in [-0.2, -0.15) is 0 Å². The van der Waals surface area contributed by atoms with Crippen molar-refractivity contribution in [2.45, 2.75) is 110 Å².